The Hall–Kier alpha value is -3.05. The quantitative estimate of drug-likeness (QED) is 0.414. The lowest BCUT2D eigenvalue weighted by Crippen LogP contribution is -2.37. The van der Waals surface area contributed by atoms with Crippen molar-refractivity contribution >= 4 is 44.8 Å². The maximum Gasteiger partial charge on any atom is 0.170 e. The van der Waals surface area contributed by atoms with Crippen LogP contribution in [0.15, 0.2) is 72.8 Å². The van der Waals surface area contributed by atoms with E-state index >= 15 is 0 Å². The summed E-state index contributed by atoms with van der Waals surface area (Å²) in [5.41, 5.74) is 9.44. The molecule has 4 aromatic rings. The average Bonchev–Trinajstić information content (AvgIpc) is 3.55. The highest BCUT2D eigenvalue weighted by atomic mass is 32.1. The highest BCUT2D eigenvalue weighted by Gasteiger charge is 2.25. The number of para-hydroxylation sites is 2. The predicted molar refractivity (Wildman–Crippen MR) is 128 cm³/mol. The molecule has 5 heteroatoms. The van der Waals surface area contributed by atoms with Crippen LogP contribution in [-0.4, -0.2) is 22.8 Å². The second kappa shape index (κ2) is 8.00. The summed E-state index contributed by atoms with van der Waals surface area (Å²) in [5.74, 6) is 1.57. The van der Waals surface area contributed by atoms with Crippen molar-refractivity contribution in [3.05, 3.63) is 72.8 Å². The van der Waals surface area contributed by atoms with Crippen LogP contribution in [0, 0.1) is 5.92 Å². The van der Waals surface area contributed by atoms with Crippen LogP contribution < -0.4 is 15.4 Å². The third kappa shape index (κ3) is 3.73. The Morgan fingerprint density at radius 3 is 2.10 bits per heavy atom. The normalized spacial score (nSPS) is 13.6. The average molecular weight is 416 g/mol. The van der Waals surface area contributed by atoms with Gasteiger partial charge in [-0.2, -0.15) is 0 Å². The molecule has 1 saturated carbocycles. The summed E-state index contributed by atoms with van der Waals surface area (Å²) in [5, 5.41) is 3.00. The molecule has 0 unspecified atom stereocenters. The van der Waals surface area contributed by atoms with Gasteiger partial charge in [-0.1, -0.05) is 36.4 Å². The number of rotatable bonds is 7. The Labute approximate surface area is 181 Å². The number of hydrogen-bond acceptors (Lipinski definition) is 2. The van der Waals surface area contributed by atoms with E-state index in [1.54, 1.807) is 0 Å². The molecule has 0 aliphatic heterocycles. The van der Waals surface area contributed by atoms with Crippen LogP contribution in [0.1, 0.15) is 12.8 Å². The van der Waals surface area contributed by atoms with E-state index in [2.05, 4.69) is 53.1 Å². The van der Waals surface area contributed by atoms with Crippen LogP contribution >= 0.6 is 12.2 Å². The molecular weight excluding hydrogens is 390 g/mol. The monoisotopic (exact) mass is 415 g/mol. The fourth-order valence-corrected chi connectivity index (χ4v) is 4.28. The molecule has 0 amide bonds. The molecular formula is C25H25N3OS. The van der Waals surface area contributed by atoms with Crippen LogP contribution in [0.3, 0.4) is 0 Å². The number of nitrogens with zero attached hydrogens (tertiary/aromatic N) is 2. The van der Waals surface area contributed by atoms with Gasteiger partial charge in [0.1, 0.15) is 12.4 Å². The van der Waals surface area contributed by atoms with E-state index in [-0.39, 0.29) is 0 Å². The first kappa shape index (κ1) is 18.9. The lowest BCUT2D eigenvalue weighted by Gasteiger charge is -2.23. The Balaban J connectivity index is 1.29. The molecule has 0 saturated heterocycles. The van der Waals surface area contributed by atoms with Gasteiger partial charge in [-0.15, -0.1) is 0 Å². The maximum absolute atomic E-state index is 6.06. The molecule has 1 fully saturated rings. The predicted octanol–water partition coefficient (Wildman–Crippen LogP) is 5.33. The first-order valence-corrected chi connectivity index (χ1v) is 10.9. The van der Waals surface area contributed by atoms with Crippen molar-refractivity contribution in [1.82, 2.24) is 4.57 Å². The molecule has 0 atom stereocenters. The van der Waals surface area contributed by atoms with Crippen LogP contribution in [0.25, 0.3) is 21.8 Å². The van der Waals surface area contributed by atoms with E-state index in [0.29, 0.717) is 17.6 Å². The summed E-state index contributed by atoms with van der Waals surface area (Å²) in [6.07, 6.45) is 2.53. The van der Waals surface area contributed by atoms with Crippen molar-refractivity contribution in [3.8, 4) is 5.75 Å². The number of aromatic nitrogens is 1. The molecule has 1 heterocycles. The van der Waals surface area contributed by atoms with Gasteiger partial charge in [-0.25, -0.2) is 0 Å². The van der Waals surface area contributed by atoms with Crippen molar-refractivity contribution < 1.29 is 4.74 Å². The number of anilines is 1. The molecule has 0 radical (unpaired) electrons. The third-order valence-electron chi connectivity index (χ3n) is 5.82. The first-order chi connectivity index (χ1) is 14.7. The zero-order valence-corrected chi connectivity index (χ0v) is 17.6. The van der Waals surface area contributed by atoms with E-state index in [4.69, 9.17) is 22.7 Å². The van der Waals surface area contributed by atoms with Crippen LogP contribution in [0.2, 0.25) is 0 Å². The Bertz CT molecular complexity index is 1140. The number of benzene rings is 3. The summed E-state index contributed by atoms with van der Waals surface area (Å²) in [6, 6.07) is 25.2. The summed E-state index contributed by atoms with van der Waals surface area (Å²) in [4.78, 5) is 2.02. The van der Waals surface area contributed by atoms with E-state index < -0.39 is 0 Å². The number of fused-ring (bicyclic) bond motifs is 3. The fraction of sp³-hybridized carbons (Fsp3) is 0.240. The van der Waals surface area contributed by atoms with Gasteiger partial charge < -0.3 is 19.9 Å². The van der Waals surface area contributed by atoms with Gasteiger partial charge in [0.15, 0.2) is 5.11 Å². The fourth-order valence-electron chi connectivity index (χ4n) is 4.10. The lowest BCUT2D eigenvalue weighted by atomic mass is 10.2. The minimum absolute atomic E-state index is 0.432. The van der Waals surface area contributed by atoms with Crippen molar-refractivity contribution in [2.45, 2.75) is 19.4 Å². The number of thiocarbonyl (C=S) groups is 1. The molecule has 30 heavy (non-hydrogen) atoms. The van der Waals surface area contributed by atoms with E-state index in [9.17, 15) is 0 Å². The second-order valence-corrected chi connectivity index (χ2v) is 8.34. The van der Waals surface area contributed by atoms with Crippen molar-refractivity contribution in [2.24, 2.45) is 11.7 Å². The minimum Gasteiger partial charge on any atom is -0.492 e. The molecule has 0 spiro atoms. The minimum atomic E-state index is 0.432. The summed E-state index contributed by atoms with van der Waals surface area (Å²) < 4.78 is 8.40. The van der Waals surface area contributed by atoms with Crippen molar-refractivity contribution in [2.75, 3.05) is 18.1 Å². The smallest absolute Gasteiger partial charge is 0.170 e. The number of hydrogen-bond donors (Lipinski definition) is 1. The highest BCUT2D eigenvalue weighted by molar-refractivity contribution is 7.80. The standard InChI is InChI=1S/C25H25N3OS/c26-25(30)28(17-18-9-10-18)19-11-13-20(14-12-19)29-16-15-27-23-7-3-1-5-21(23)22-6-2-4-8-24(22)27/h1-8,11-14,18H,9-10,15-17H2,(H2,26,30). The van der Waals surface area contributed by atoms with Crippen molar-refractivity contribution in [3.63, 3.8) is 0 Å². The van der Waals surface area contributed by atoms with E-state index in [0.717, 1.165) is 24.5 Å². The van der Waals surface area contributed by atoms with Gasteiger partial charge >= 0.3 is 0 Å². The first-order valence-electron chi connectivity index (χ1n) is 10.5. The molecule has 3 aromatic carbocycles. The lowest BCUT2D eigenvalue weighted by molar-refractivity contribution is 0.302. The van der Waals surface area contributed by atoms with Crippen molar-refractivity contribution in [1.29, 1.82) is 0 Å². The number of nitrogens with two attached hydrogens (primary N) is 1. The second-order valence-electron chi connectivity index (χ2n) is 7.92. The zero-order chi connectivity index (χ0) is 20.5. The third-order valence-corrected chi connectivity index (χ3v) is 6.04. The molecule has 4 nitrogen and oxygen atoms in total. The van der Waals surface area contributed by atoms with Gasteiger partial charge in [-0.05, 0) is 67.4 Å². The van der Waals surface area contributed by atoms with E-state index in [1.165, 1.54) is 34.6 Å². The maximum atomic E-state index is 6.06. The summed E-state index contributed by atoms with van der Waals surface area (Å²) in [7, 11) is 0. The van der Waals surface area contributed by atoms with Gasteiger partial charge in [0.2, 0.25) is 0 Å². The molecule has 5 rings (SSSR count). The van der Waals surface area contributed by atoms with Crippen LogP contribution in [0.5, 0.6) is 5.75 Å². The Morgan fingerprint density at radius 2 is 1.53 bits per heavy atom. The highest BCUT2D eigenvalue weighted by Crippen LogP contribution is 2.32. The Kier molecular flexibility index (Phi) is 5.05. The van der Waals surface area contributed by atoms with Gasteiger partial charge in [-0.3, -0.25) is 0 Å². The van der Waals surface area contributed by atoms with Crippen LogP contribution in [-0.2, 0) is 6.54 Å². The SMILES string of the molecule is NC(=S)N(CC1CC1)c1ccc(OCCn2c3ccccc3c3ccccc32)cc1. The summed E-state index contributed by atoms with van der Waals surface area (Å²) in [6.45, 7) is 2.29. The molecule has 2 N–H and O–H groups in total. The zero-order valence-electron chi connectivity index (χ0n) is 16.8. The molecule has 1 aliphatic rings. The summed E-state index contributed by atoms with van der Waals surface area (Å²) >= 11 is 5.24. The Morgan fingerprint density at radius 1 is 0.933 bits per heavy atom. The van der Waals surface area contributed by atoms with Crippen LogP contribution in [0.4, 0.5) is 5.69 Å². The molecule has 152 valence electrons. The molecule has 1 aliphatic carbocycles. The topological polar surface area (TPSA) is 43.4 Å². The van der Waals surface area contributed by atoms with Gasteiger partial charge in [0.25, 0.3) is 0 Å². The molecule has 0 bridgehead atoms. The largest absolute Gasteiger partial charge is 0.492 e. The van der Waals surface area contributed by atoms with Gasteiger partial charge in [0.05, 0.1) is 6.54 Å². The van der Waals surface area contributed by atoms with E-state index in [1.807, 2.05) is 29.2 Å². The molecule has 1 aromatic heterocycles. The van der Waals surface area contributed by atoms with Gasteiger partial charge in [0, 0.05) is 34.0 Å². The number of ether oxygens (including phenoxy) is 1.